The van der Waals surface area contributed by atoms with Crippen LogP contribution in [0.4, 0.5) is 0 Å². The van der Waals surface area contributed by atoms with Crippen molar-refractivity contribution in [1.29, 1.82) is 0 Å². The molecule has 0 aromatic carbocycles. The Hall–Kier alpha value is -0.570. The Kier molecular flexibility index (Phi) is 4.54. The van der Waals surface area contributed by atoms with Crippen molar-refractivity contribution in [3.8, 4) is 0 Å². The number of furan rings is 1. The van der Waals surface area contributed by atoms with E-state index >= 15 is 0 Å². The summed E-state index contributed by atoms with van der Waals surface area (Å²) in [7, 11) is -3.81. The number of hydrogen-bond acceptors (Lipinski definition) is 5. The quantitative estimate of drug-likeness (QED) is 0.876. The molecule has 19 heavy (non-hydrogen) atoms. The Morgan fingerprint density at radius 3 is 2.74 bits per heavy atom. The van der Waals surface area contributed by atoms with Gasteiger partial charge in [-0.25, -0.2) is 13.1 Å². The molecule has 0 bridgehead atoms. The van der Waals surface area contributed by atoms with Gasteiger partial charge in [-0.3, -0.25) is 0 Å². The van der Waals surface area contributed by atoms with E-state index in [1.807, 2.05) is 0 Å². The number of halogens is 2. The zero-order valence-corrected chi connectivity index (χ0v) is 12.5. The molecule has 1 atom stereocenters. The summed E-state index contributed by atoms with van der Waals surface area (Å²) in [5.74, 6) is 0.275. The molecule has 0 saturated carbocycles. The van der Waals surface area contributed by atoms with Gasteiger partial charge in [-0.05, 0) is 18.2 Å². The maximum Gasteiger partial charge on any atom is 0.243 e. The first kappa shape index (κ1) is 14.8. The largest absolute Gasteiger partial charge is 0.467 e. The average Bonchev–Trinajstić information content (AvgIpc) is 2.96. The van der Waals surface area contributed by atoms with E-state index in [9.17, 15) is 13.5 Å². The van der Waals surface area contributed by atoms with Crippen LogP contribution in [0.1, 0.15) is 11.9 Å². The van der Waals surface area contributed by atoms with Crippen molar-refractivity contribution in [2.75, 3.05) is 6.54 Å². The number of thiophene rings is 1. The molecule has 2 rings (SSSR count). The molecule has 0 radical (unpaired) electrons. The van der Waals surface area contributed by atoms with E-state index in [4.69, 9.17) is 27.6 Å². The molecular weight excluding hydrogens is 333 g/mol. The van der Waals surface area contributed by atoms with Crippen molar-refractivity contribution in [2.45, 2.75) is 11.0 Å². The van der Waals surface area contributed by atoms with Crippen molar-refractivity contribution >= 4 is 44.6 Å². The van der Waals surface area contributed by atoms with Gasteiger partial charge in [-0.15, -0.1) is 11.3 Å². The summed E-state index contributed by atoms with van der Waals surface area (Å²) in [6, 6.07) is 4.41. The molecule has 0 spiro atoms. The van der Waals surface area contributed by atoms with E-state index in [2.05, 4.69) is 4.72 Å². The van der Waals surface area contributed by atoms with Crippen LogP contribution >= 0.6 is 34.5 Å². The second-order valence-corrected chi connectivity index (χ2v) is 7.59. The lowest BCUT2D eigenvalue weighted by Gasteiger charge is -2.09. The number of hydrogen-bond donors (Lipinski definition) is 2. The van der Waals surface area contributed by atoms with Gasteiger partial charge in [-0.2, -0.15) is 0 Å². The van der Waals surface area contributed by atoms with Gasteiger partial charge in [0.05, 0.1) is 10.6 Å². The Morgan fingerprint density at radius 2 is 2.21 bits per heavy atom. The summed E-state index contributed by atoms with van der Waals surface area (Å²) in [4.78, 5) is -0.101. The number of nitrogens with one attached hydrogen (secondary N) is 1. The number of aliphatic hydroxyl groups excluding tert-OH is 1. The molecule has 5 nitrogen and oxygen atoms in total. The van der Waals surface area contributed by atoms with Crippen molar-refractivity contribution in [2.24, 2.45) is 0 Å². The van der Waals surface area contributed by atoms with E-state index in [0.29, 0.717) is 0 Å². The molecule has 2 aromatic heterocycles. The topological polar surface area (TPSA) is 79.5 Å². The first-order valence-electron chi connectivity index (χ1n) is 5.06. The molecule has 0 aliphatic heterocycles. The van der Waals surface area contributed by atoms with Gasteiger partial charge < -0.3 is 9.52 Å². The fourth-order valence-electron chi connectivity index (χ4n) is 1.36. The fraction of sp³-hybridized carbons (Fsp3) is 0.200. The number of rotatable bonds is 5. The molecule has 2 N–H and O–H groups in total. The lowest BCUT2D eigenvalue weighted by atomic mass is 10.3. The van der Waals surface area contributed by atoms with Gasteiger partial charge in [0.25, 0.3) is 0 Å². The fourth-order valence-corrected chi connectivity index (χ4v) is 4.54. The van der Waals surface area contributed by atoms with Crippen molar-refractivity contribution in [1.82, 2.24) is 4.72 Å². The molecule has 9 heteroatoms. The van der Waals surface area contributed by atoms with Crippen LogP contribution in [0.25, 0.3) is 0 Å². The van der Waals surface area contributed by atoms with Gasteiger partial charge in [0.1, 0.15) is 21.1 Å². The SMILES string of the molecule is O=S(=O)(NCC(O)c1ccco1)c1cc(Cl)sc1Cl. The molecule has 104 valence electrons. The maximum absolute atomic E-state index is 12.0. The Bertz CT molecular complexity index is 651. The maximum atomic E-state index is 12.0. The van der Waals surface area contributed by atoms with Crippen LogP contribution < -0.4 is 4.72 Å². The minimum Gasteiger partial charge on any atom is -0.467 e. The van der Waals surface area contributed by atoms with Gasteiger partial charge in [-0.1, -0.05) is 23.2 Å². The predicted molar refractivity (Wildman–Crippen MR) is 73.2 cm³/mol. The van der Waals surface area contributed by atoms with Crippen LogP contribution in [0.5, 0.6) is 0 Å². The monoisotopic (exact) mass is 341 g/mol. The molecule has 1 unspecified atom stereocenters. The standard InChI is InChI=1S/C10H9Cl2NO4S2/c11-9-4-8(10(12)18-9)19(15,16)13-5-6(14)7-2-1-3-17-7/h1-4,6,13-14H,5H2. The summed E-state index contributed by atoms with van der Waals surface area (Å²) in [5.41, 5.74) is 0. The Morgan fingerprint density at radius 1 is 1.47 bits per heavy atom. The molecule has 0 amide bonds. The average molecular weight is 342 g/mol. The molecule has 2 aromatic rings. The Labute approximate surface area is 123 Å². The first-order valence-corrected chi connectivity index (χ1v) is 8.11. The minimum absolute atomic E-state index is 0.0741. The van der Waals surface area contributed by atoms with Crippen molar-refractivity contribution in [3.63, 3.8) is 0 Å². The summed E-state index contributed by atoms with van der Waals surface area (Å²) in [6.07, 6.45) is 0.320. The van der Waals surface area contributed by atoms with Gasteiger partial charge in [0, 0.05) is 6.54 Å². The highest BCUT2D eigenvalue weighted by molar-refractivity contribution is 7.89. The van der Waals surface area contributed by atoms with Crippen molar-refractivity contribution in [3.05, 3.63) is 38.9 Å². The van der Waals surface area contributed by atoms with E-state index in [-0.39, 0.29) is 25.9 Å². The highest BCUT2D eigenvalue weighted by Crippen LogP contribution is 2.34. The first-order chi connectivity index (χ1) is 8.90. The molecule has 0 fully saturated rings. The van der Waals surface area contributed by atoms with Gasteiger partial charge in [0.2, 0.25) is 10.0 Å². The predicted octanol–water partition coefficient (Wildman–Crippen LogP) is 2.66. The zero-order valence-electron chi connectivity index (χ0n) is 9.34. The number of aliphatic hydroxyl groups is 1. The molecule has 0 aliphatic rings. The normalized spacial score (nSPS) is 13.6. The van der Waals surface area contributed by atoms with Gasteiger partial charge in [0.15, 0.2) is 0 Å². The second kappa shape index (κ2) is 5.82. The number of sulfonamides is 1. The van der Waals surface area contributed by atoms with E-state index in [1.54, 1.807) is 12.1 Å². The molecule has 0 aliphatic carbocycles. The van der Waals surface area contributed by atoms with Crippen LogP contribution in [-0.2, 0) is 10.0 Å². The van der Waals surface area contributed by atoms with Crippen LogP contribution in [-0.4, -0.2) is 20.1 Å². The zero-order chi connectivity index (χ0) is 14.0. The van der Waals surface area contributed by atoms with Crippen LogP contribution in [0.15, 0.2) is 33.8 Å². The smallest absolute Gasteiger partial charge is 0.243 e. The molecule has 0 saturated heterocycles. The second-order valence-electron chi connectivity index (χ2n) is 3.57. The van der Waals surface area contributed by atoms with E-state index < -0.39 is 16.1 Å². The summed E-state index contributed by atoms with van der Waals surface area (Å²) < 4.78 is 31.5. The lowest BCUT2D eigenvalue weighted by molar-refractivity contribution is 0.154. The third-order valence-electron chi connectivity index (χ3n) is 2.25. The highest BCUT2D eigenvalue weighted by Gasteiger charge is 2.22. The van der Waals surface area contributed by atoms with Crippen LogP contribution in [0, 0.1) is 0 Å². The Balaban J connectivity index is 2.08. The molecule has 2 heterocycles. The highest BCUT2D eigenvalue weighted by atomic mass is 35.5. The minimum atomic E-state index is -3.81. The summed E-state index contributed by atoms with van der Waals surface area (Å²) in [5, 5.41) is 9.72. The van der Waals surface area contributed by atoms with Crippen LogP contribution in [0.2, 0.25) is 8.67 Å². The van der Waals surface area contributed by atoms with E-state index in [0.717, 1.165) is 11.3 Å². The van der Waals surface area contributed by atoms with Crippen molar-refractivity contribution < 1.29 is 17.9 Å². The molecular formula is C10H9Cl2NO4S2. The summed E-state index contributed by atoms with van der Waals surface area (Å²) in [6.45, 7) is -0.223. The summed E-state index contributed by atoms with van der Waals surface area (Å²) >= 11 is 12.4. The third kappa shape index (κ3) is 3.50. The lowest BCUT2D eigenvalue weighted by Crippen LogP contribution is -2.28. The third-order valence-corrected chi connectivity index (χ3v) is 5.43. The van der Waals surface area contributed by atoms with Gasteiger partial charge >= 0.3 is 0 Å². The van der Waals surface area contributed by atoms with Crippen LogP contribution in [0.3, 0.4) is 0 Å². The van der Waals surface area contributed by atoms with E-state index in [1.165, 1.54) is 12.3 Å².